The molecule has 2 atom stereocenters. The Labute approximate surface area is 134 Å². The largest absolute Gasteiger partial charge is 0.346 e. The van der Waals surface area contributed by atoms with E-state index in [1.54, 1.807) is 18.4 Å². The molecule has 2 unspecified atom stereocenters. The van der Waals surface area contributed by atoms with E-state index in [1.165, 1.54) is 0 Å². The van der Waals surface area contributed by atoms with E-state index in [-0.39, 0.29) is 11.9 Å². The third-order valence-electron chi connectivity index (χ3n) is 3.56. The summed E-state index contributed by atoms with van der Waals surface area (Å²) >= 11 is 0. The molecule has 0 saturated heterocycles. The minimum absolute atomic E-state index is 0.0577. The number of hydrogen-bond acceptors (Lipinski definition) is 2. The molecule has 0 aromatic heterocycles. The molecule has 0 spiro atoms. The molecule has 4 heteroatoms. The summed E-state index contributed by atoms with van der Waals surface area (Å²) in [6.45, 7) is 4.01. The summed E-state index contributed by atoms with van der Waals surface area (Å²) in [5.41, 5.74) is 3.78. The number of aryl methyl sites for hydroxylation is 1. The van der Waals surface area contributed by atoms with E-state index in [0.717, 1.165) is 16.7 Å². The van der Waals surface area contributed by atoms with Gasteiger partial charge in [-0.25, -0.2) is 0 Å². The molecular weight excluding hydrogens is 294 g/mol. The lowest BCUT2D eigenvalue weighted by Gasteiger charge is -2.16. The van der Waals surface area contributed by atoms with Crippen molar-refractivity contribution in [3.63, 3.8) is 0 Å². The molecule has 0 bridgehead atoms. The van der Waals surface area contributed by atoms with Crippen LogP contribution in [0.2, 0.25) is 0 Å². The summed E-state index contributed by atoms with van der Waals surface area (Å²) in [5.74, 6) is 0.355. The maximum absolute atomic E-state index is 12.4. The van der Waals surface area contributed by atoms with Crippen molar-refractivity contribution in [2.24, 2.45) is 0 Å². The van der Waals surface area contributed by atoms with Crippen LogP contribution in [0.3, 0.4) is 0 Å². The van der Waals surface area contributed by atoms with E-state index in [1.807, 2.05) is 50.2 Å². The van der Waals surface area contributed by atoms with Gasteiger partial charge in [0, 0.05) is 28.4 Å². The van der Waals surface area contributed by atoms with Gasteiger partial charge in [-0.15, -0.1) is 0 Å². The molecule has 0 heterocycles. The monoisotopic (exact) mass is 315 g/mol. The molecule has 0 aliphatic carbocycles. The SMILES string of the molecule is Cc1ccccc1C(C)NC(=O)c1cccc(CS(C)=O)c1. The lowest BCUT2D eigenvalue weighted by Crippen LogP contribution is -2.27. The molecule has 0 saturated carbocycles. The first-order valence-electron chi connectivity index (χ1n) is 7.22. The Morgan fingerprint density at radius 3 is 2.59 bits per heavy atom. The second-order valence-electron chi connectivity index (χ2n) is 5.47. The number of rotatable bonds is 5. The lowest BCUT2D eigenvalue weighted by atomic mass is 10.0. The minimum Gasteiger partial charge on any atom is -0.346 e. The van der Waals surface area contributed by atoms with Gasteiger partial charge in [0.15, 0.2) is 0 Å². The summed E-state index contributed by atoms with van der Waals surface area (Å²) in [6.07, 6.45) is 1.66. The first-order chi connectivity index (χ1) is 10.5. The second-order valence-corrected chi connectivity index (χ2v) is 6.90. The fraction of sp³-hybridized carbons (Fsp3) is 0.278. The lowest BCUT2D eigenvalue weighted by molar-refractivity contribution is 0.0939. The van der Waals surface area contributed by atoms with Crippen LogP contribution in [-0.4, -0.2) is 16.4 Å². The summed E-state index contributed by atoms with van der Waals surface area (Å²) in [4.78, 5) is 12.4. The molecule has 0 aliphatic rings. The fourth-order valence-corrected chi connectivity index (χ4v) is 3.12. The highest BCUT2D eigenvalue weighted by Gasteiger charge is 2.13. The molecular formula is C18H21NO2S. The van der Waals surface area contributed by atoms with Gasteiger partial charge in [-0.3, -0.25) is 9.00 Å². The van der Waals surface area contributed by atoms with Crippen molar-refractivity contribution >= 4 is 16.7 Å². The normalized spacial score (nSPS) is 13.4. The number of carbonyl (C=O) groups is 1. The highest BCUT2D eigenvalue weighted by molar-refractivity contribution is 7.83. The number of carbonyl (C=O) groups excluding carboxylic acids is 1. The van der Waals surface area contributed by atoms with Crippen molar-refractivity contribution in [1.82, 2.24) is 5.32 Å². The third kappa shape index (κ3) is 4.28. The van der Waals surface area contributed by atoms with Crippen molar-refractivity contribution in [1.29, 1.82) is 0 Å². The van der Waals surface area contributed by atoms with E-state index >= 15 is 0 Å². The molecule has 0 fully saturated rings. The first-order valence-corrected chi connectivity index (χ1v) is 8.95. The van der Waals surface area contributed by atoms with Gasteiger partial charge in [0.1, 0.15) is 0 Å². The predicted molar refractivity (Wildman–Crippen MR) is 91.3 cm³/mol. The minimum atomic E-state index is -0.913. The van der Waals surface area contributed by atoms with Crippen LogP contribution in [0.4, 0.5) is 0 Å². The maximum Gasteiger partial charge on any atom is 0.251 e. The molecule has 1 amide bonds. The summed E-state index contributed by atoms with van der Waals surface area (Å²) in [7, 11) is -0.913. The number of amides is 1. The Morgan fingerprint density at radius 1 is 1.18 bits per heavy atom. The number of nitrogens with one attached hydrogen (secondary N) is 1. The van der Waals surface area contributed by atoms with Gasteiger partial charge in [-0.05, 0) is 42.7 Å². The summed E-state index contributed by atoms with van der Waals surface area (Å²) in [6, 6.07) is 15.3. The highest BCUT2D eigenvalue weighted by atomic mass is 32.2. The highest BCUT2D eigenvalue weighted by Crippen LogP contribution is 2.17. The van der Waals surface area contributed by atoms with E-state index in [0.29, 0.717) is 11.3 Å². The van der Waals surface area contributed by atoms with Crippen LogP contribution in [0.5, 0.6) is 0 Å². The number of hydrogen-bond donors (Lipinski definition) is 1. The van der Waals surface area contributed by atoms with E-state index in [4.69, 9.17) is 0 Å². The van der Waals surface area contributed by atoms with Crippen molar-refractivity contribution in [3.05, 3.63) is 70.8 Å². The zero-order valence-corrected chi connectivity index (χ0v) is 13.9. The van der Waals surface area contributed by atoms with Crippen LogP contribution in [0.1, 0.15) is 40.0 Å². The molecule has 116 valence electrons. The molecule has 0 radical (unpaired) electrons. The molecule has 3 nitrogen and oxygen atoms in total. The second kappa shape index (κ2) is 7.36. The molecule has 2 rings (SSSR count). The molecule has 22 heavy (non-hydrogen) atoms. The first kappa shape index (κ1) is 16.4. The predicted octanol–water partition coefficient (Wildman–Crippen LogP) is 3.36. The molecule has 0 aliphatic heterocycles. The average Bonchev–Trinajstić information content (AvgIpc) is 2.47. The van der Waals surface area contributed by atoms with Crippen LogP contribution < -0.4 is 5.32 Å². The summed E-state index contributed by atoms with van der Waals surface area (Å²) in [5, 5.41) is 3.02. The van der Waals surface area contributed by atoms with Crippen molar-refractivity contribution < 1.29 is 9.00 Å². The molecule has 1 N–H and O–H groups in total. The molecule has 2 aromatic carbocycles. The smallest absolute Gasteiger partial charge is 0.251 e. The van der Waals surface area contributed by atoms with Gasteiger partial charge < -0.3 is 5.32 Å². The Morgan fingerprint density at radius 2 is 1.91 bits per heavy atom. The summed E-state index contributed by atoms with van der Waals surface area (Å²) < 4.78 is 11.3. The third-order valence-corrected chi connectivity index (χ3v) is 4.30. The average molecular weight is 315 g/mol. The van der Waals surface area contributed by atoms with Crippen molar-refractivity contribution in [2.45, 2.75) is 25.6 Å². The Bertz CT molecular complexity index is 697. The quantitative estimate of drug-likeness (QED) is 0.919. The van der Waals surface area contributed by atoms with Crippen molar-refractivity contribution in [3.8, 4) is 0 Å². The Kier molecular flexibility index (Phi) is 5.50. The molecule has 2 aromatic rings. The van der Waals surface area contributed by atoms with Crippen LogP contribution in [0.25, 0.3) is 0 Å². The zero-order chi connectivity index (χ0) is 16.1. The standard InChI is InChI=1S/C18H21NO2S/c1-13-7-4-5-10-17(13)14(2)19-18(20)16-9-6-8-15(11-16)12-22(3)21/h4-11,14H,12H2,1-3H3,(H,19,20). The Balaban J connectivity index is 2.12. The zero-order valence-electron chi connectivity index (χ0n) is 13.1. The van der Waals surface area contributed by atoms with Gasteiger partial charge in [0.2, 0.25) is 0 Å². The van der Waals surface area contributed by atoms with Gasteiger partial charge >= 0.3 is 0 Å². The maximum atomic E-state index is 12.4. The van der Waals surface area contributed by atoms with Crippen molar-refractivity contribution in [2.75, 3.05) is 6.26 Å². The van der Waals surface area contributed by atoms with Crippen LogP contribution in [-0.2, 0) is 16.6 Å². The van der Waals surface area contributed by atoms with E-state index in [9.17, 15) is 9.00 Å². The fourth-order valence-electron chi connectivity index (χ4n) is 2.47. The van der Waals surface area contributed by atoms with E-state index < -0.39 is 10.8 Å². The van der Waals surface area contributed by atoms with Gasteiger partial charge in [0.25, 0.3) is 5.91 Å². The van der Waals surface area contributed by atoms with Crippen LogP contribution in [0.15, 0.2) is 48.5 Å². The van der Waals surface area contributed by atoms with Crippen LogP contribution >= 0.6 is 0 Å². The van der Waals surface area contributed by atoms with Gasteiger partial charge in [-0.2, -0.15) is 0 Å². The van der Waals surface area contributed by atoms with Gasteiger partial charge in [0.05, 0.1) is 6.04 Å². The topological polar surface area (TPSA) is 46.2 Å². The van der Waals surface area contributed by atoms with Gasteiger partial charge in [-0.1, -0.05) is 36.4 Å². The Hall–Kier alpha value is -1.94. The van der Waals surface area contributed by atoms with E-state index in [2.05, 4.69) is 5.32 Å². The van der Waals surface area contributed by atoms with Crippen LogP contribution in [0, 0.1) is 6.92 Å². The number of benzene rings is 2.